The summed E-state index contributed by atoms with van der Waals surface area (Å²) in [5.74, 6) is 0. The summed E-state index contributed by atoms with van der Waals surface area (Å²) in [6.07, 6.45) is -4.04. The molecular weight excluding hydrogens is 404 g/mol. The first-order chi connectivity index (χ1) is 12.3. The van der Waals surface area contributed by atoms with Crippen molar-refractivity contribution in [2.75, 3.05) is 6.61 Å². The highest BCUT2D eigenvalue weighted by Gasteiger charge is 2.41. The highest BCUT2D eigenvalue weighted by molar-refractivity contribution is 7.47. The van der Waals surface area contributed by atoms with Crippen molar-refractivity contribution in [3.8, 4) is 0 Å². The molecule has 11 nitrogen and oxygen atoms in total. The summed E-state index contributed by atoms with van der Waals surface area (Å²) in [6, 6.07) is -1.47. The number of phosphoric acid groups is 2. The van der Waals surface area contributed by atoms with Crippen LogP contribution in [0.5, 0.6) is 0 Å². The van der Waals surface area contributed by atoms with Crippen molar-refractivity contribution < 1.29 is 52.0 Å². The van der Waals surface area contributed by atoms with E-state index < -0.39 is 64.8 Å². The van der Waals surface area contributed by atoms with Crippen LogP contribution in [0.2, 0.25) is 0 Å². The number of phosphoric ester groups is 2. The second kappa shape index (κ2) is 9.36. The van der Waals surface area contributed by atoms with Gasteiger partial charge in [0.05, 0.1) is 31.0 Å². The van der Waals surface area contributed by atoms with E-state index in [0.29, 0.717) is 0 Å². The Kier molecular flexibility index (Phi) is 8.15. The van der Waals surface area contributed by atoms with Gasteiger partial charge in [0.2, 0.25) is 0 Å². The summed E-state index contributed by atoms with van der Waals surface area (Å²) in [5.41, 5.74) is 0. The van der Waals surface area contributed by atoms with Crippen LogP contribution in [0.4, 0.5) is 0 Å². The van der Waals surface area contributed by atoms with E-state index in [9.17, 15) is 19.1 Å². The third-order valence-electron chi connectivity index (χ3n) is 4.03. The maximum atomic E-state index is 12.2. The second-order valence-electron chi connectivity index (χ2n) is 6.52. The molecule has 15 heteroatoms. The maximum absolute atomic E-state index is 12.2. The Labute approximate surface area is 159 Å². The minimum atomic E-state index is -4.75. The average Bonchev–Trinajstić information content (AvgIpc) is 2.96. The van der Waals surface area contributed by atoms with Crippen molar-refractivity contribution in [2.45, 2.75) is 68.7 Å². The highest BCUT2D eigenvalue weighted by Crippen LogP contribution is 2.49. The van der Waals surface area contributed by atoms with E-state index in [1.807, 2.05) is 0 Å². The van der Waals surface area contributed by atoms with E-state index in [1.165, 1.54) is 6.92 Å². The molecule has 4 N–H and O–H groups in total. The van der Waals surface area contributed by atoms with Crippen LogP contribution >= 0.6 is 15.6 Å². The molecule has 0 aromatic heterocycles. The van der Waals surface area contributed by atoms with Gasteiger partial charge in [0, 0.05) is 18.4 Å². The van der Waals surface area contributed by atoms with Gasteiger partial charge in [0.25, 0.3) is 0 Å². The molecule has 2 aliphatic rings. The Morgan fingerprint density at radius 2 is 1.70 bits per heavy atom. The fourth-order valence-electron chi connectivity index (χ4n) is 2.94. The van der Waals surface area contributed by atoms with E-state index in [2.05, 4.69) is 4.52 Å². The van der Waals surface area contributed by atoms with Gasteiger partial charge >= 0.3 is 15.6 Å². The summed E-state index contributed by atoms with van der Waals surface area (Å²) in [7, 11) is 1.84. The first kappa shape index (κ1) is 23.5. The minimum absolute atomic E-state index is 0.00319. The summed E-state index contributed by atoms with van der Waals surface area (Å²) in [4.78, 5) is 27.5. The number of ether oxygens (including phenoxy) is 2. The number of aliphatic hydroxyl groups is 1. The van der Waals surface area contributed by atoms with Gasteiger partial charge in [-0.2, -0.15) is 0 Å². The molecule has 2 saturated heterocycles. The summed E-state index contributed by atoms with van der Waals surface area (Å²) < 4.78 is 47.9. The molecular formula is C12H22B2O11P2. The zero-order valence-electron chi connectivity index (χ0n) is 14.6. The molecule has 4 radical (unpaired) electrons. The van der Waals surface area contributed by atoms with Crippen molar-refractivity contribution in [3.63, 3.8) is 0 Å². The lowest BCUT2D eigenvalue weighted by molar-refractivity contribution is -0.0208. The van der Waals surface area contributed by atoms with Crippen LogP contribution < -0.4 is 0 Å². The summed E-state index contributed by atoms with van der Waals surface area (Å²) >= 11 is 0. The van der Waals surface area contributed by atoms with E-state index in [1.54, 1.807) is 0 Å². The molecule has 2 heterocycles. The van der Waals surface area contributed by atoms with Crippen LogP contribution in [-0.2, 0) is 32.2 Å². The zero-order chi connectivity index (χ0) is 20.4. The van der Waals surface area contributed by atoms with E-state index >= 15 is 0 Å². The molecule has 0 spiro atoms. The molecule has 27 heavy (non-hydrogen) atoms. The number of aliphatic hydroxyl groups excluding tert-OH is 1. The molecule has 8 atom stereocenters. The summed E-state index contributed by atoms with van der Waals surface area (Å²) in [6.45, 7) is 0.912. The molecule has 0 saturated carbocycles. The molecule has 2 rings (SSSR count). The quantitative estimate of drug-likeness (QED) is 0.273. The average molecular weight is 426 g/mol. The van der Waals surface area contributed by atoms with Crippen LogP contribution in [0.1, 0.15) is 26.2 Å². The smallest absolute Gasteiger partial charge is 0.390 e. The lowest BCUT2D eigenvalue weighted by Gasteiger charge is -2.25. The van der Waals surface area contributed by atoms with Gasteiger partial charge in [-0.05, 0) is 19.8 Å². The normalized spacial score (nSPS) is 38.0. The lowest BCUT2D eigenvalue weighted by atomic mass is 9.95. The molecule has 2 aliphatic heterocycles. The van der Waals surface area contributed by atoms with Gasteiger partial charge in [-0.25, -0.2) is 9.13 Å². The van der Waals surface area contributed by atoms with Crippen LogP contribution in [-0.4, -0.2) is 84.6 Å². The molecule has 0 aliphatic carbocycles. The van der Waals surface area contributed by atoms with Crippen LogP contribution in [0.15, 0.2) is 0 Å². The minimum Gasteiger partial charge on any atom is -0.390 e. The molecule has 2 fully saturated rings. The van der Waals surface area contributed by atoms with Gasteiger partial charge in [0.15, 0.2) is 0 Å². The Morgan fingerprint density at radius 1 is 1.11 bits per heavy atom. The zero-order valence-corrected chi connectivity index (χ0v) is 16.4. The SMILES string of the molecule is [B][C@H]1CC(O)[C@@H](CC(C)OP(=O)(O)OC2C[C@H]([B])O[C@@H]2COP(=O)(O)O)O1. The van der Waals surface area contributed by atoms with Crippen molar-refractivity contribution in [2.24, 2.45) is 0 Å². The molecule has 4 unspecified atom stereocenters. The fraction of sp³-hybridized carbons (Fsp3) is 1.00. The Morgan fingerprint density at radius 3 is 2.26 bits per heavy atom. The molecule has 0 amide bonds. The number of hydrogen-bond donors (Lipinski definition) is 4. The van der Waals surface area contributed by atoms with Gasteiger partial charge in [-0.15, -0.1) is 0 Å². The number of hydrogen-bond acceptors (Lipinski definition) is 8. The Balaban J connectivity index is 1.87. The van der Waals surface area contributed by atoms with Gasteiger partial charge in [-0.3, -0.25) is 13.6 Å². The molecule has 0 aromatic carbocycles. The van der Waals surface area contributed by atoms with Gasteiger partial charge in [0.1, 0.15) is 21.8 Å². The Bertz CT molecular complexity index is 590. The predicted octanol–water partition coefficient (Wildman–Crippen LogP) is -0.696. The summed E-state index contributed by atoms with van der Waals surface area (Å²) in [5, 5.41) is 9.79. The first-order valence-electron chi connectivity index (χ1n) is 8.24. The van der Waals surface area contributed by atoms with Gasteiger partial charge in [-0.1, -0.05) is 0 Å². The molecule has 0 aromatic rings. The topological polar surface area (TPSA) is 161 Å². The first-order valence-corrected chi connectivity index (χ1v) is 11.3. The van der Waals surface area contributed by atoms with Crippen molar-refractivity contribution in [3.05, 3.63) is 0 Å². The van der Waals surface area contributed by atoms with Crippen LogP contribution in [0, 0.1) is 0 Å². The van der Waals surface area contributed by atoms with Crippen molar-refractivity contribution >= 4 is 31.3 Å². The lowest BCUT2D eigenvalue weighted by Crippen LogP contribution is -2.29. The monoisotopic (exact) mass is 426 g/mol. The van der Waals surface area contributed by atoms with Crippen LogP contribution in [0.3, 0.4) is 0 Å². The van der Waals surface area contributed by atoms with Gasteiger partial charge < -0.3 is 29.3 Å². The van der Waals surface area contributed by atoms with Crippen molar-refractivity contribution in [1.82, 2.24) is 0 Å². The molecule has 0 bridgehead atoms. The third-order valence-corrected chi connectivity index (χ3v) is 5.68. The second-order valence-corrected chi connectivity index (χ2v) is 9.11. The maximum Gasteiger partial charge on any atom is 0.472 e. The number of rotatable bonds is 9. The largest absolute Gasteiger partial charge is 0.472 e. The van der Waals surface area contributed by atoms with E-state index in [0.717, 1.165) is 0 Å². The standard InChI is InChI=1S/C12H22B2O11P2/c1-6(2-8-7(15)3-11(13)22-8)24-27(19,20)25-9-4-12(14)23-10(9)5-21-26(16,17)18/h6-12,15H,2-5H2,1H3,(H,19,20)(H2,16,17,18)/t6?,7?,8-,9?,10-,11-,12-/m1/s1. The van der Waals surface area contributed by atoms with Crippen LogP contribution in [0.25, 0.3) is 0 Å². The fourth-order valence-corrected chi connectivity index (χ4v) is 4.44. The molecule has 152 valence electrons. The van der Waals surface area contributed by atoms with Crippen molar-refractivity contribution in [1.29, 1.82) is 0 Å². The van der Waals surface area contributed by atoms with E-state index in [-0.39, 0.29) is 19.3 Å². The third kappa shape index (κ3) is 7.87. The van der Waals surface area contributed by atoms with E-state index in [4.69, 9.17) is 44.0 Å². The Hall–Kier alpha value is 0.230. The highest BCUT2D eigenvalue weighted by atomic mass is 31.2. The predicted molar refractivity (Wildman–Crippen MR) is 91.9 cm³/mol.